The molecule has 0 aliphatic rings. The molecule has 0 bridgehead atoms. The predicted molar refractivity (Wildman–Crippen MR) is 73.5 cm³/mol. The number of carbonyl (C=O) groups excluding carboxylic acids is 1. The van der Waals surface area contributed by atoms with Crippen LogP contribution in [0.5, 0.6) is 0 Å². The monoisotopic (exact) mass is 288 g/mol. The van der Waals surface area contributed by atoms with Gasteiger partial charge in [0.25, 0.3) is 0 Å². The number of halogens is 1. The van der Waals surface area contributed by atoms with Crippen molar-refractivity contribution in [2.75, 3.05) is 13.7 Å². The summed E-state index contributed by atoms with van der Waals surface area (Å²) < 4.78 is 6.45. The highest BCUT2D eigenvalue weighted by molar-refractivity contribution is 6.33. The van der Waals surface area contributed by atoms with Crippen molar-refractivity contribution < 1.29 is 14.6 Å². The van der Waals surface area contributed by atoms with E-state index < -0.39 is 6.10 Å². The smallest absolute Gasteiger partial charge is 0.211 e. The van der Waals surface area contributed by atoms with E-state index >= 15 is 0 Å². The van der Waals surface area contributed by atoms with Crippen molar-refractivity contribution in [1.29, 1.82) is 0 Å². The molecule has 0 aliphatic carbocycles. The van der Waals surface area contributed by atoms with Gasteiger partial charge in [-0.25, -0.2) is 0 Å². The van der Waals surface area contributed by atoms with E-state index in [-0.39, 0.29) is 22.4 Å². The molecule has 1 N–H and O–H groups in total. The first-order valence-electron chi connectivity index (χ1n) is 6.49. The van der Waals surface area contributed by atoms with Gasteiger partial charge in [-0.05, 0) is 5.92 Å². The van der Waals surface area contributed by atoms with Crippen molar-refractivity contribution in [3.8, 4) is 0 Å². The zero-order valence-corrected chi connectivity index (χ0v) is 12.4. The van der Waals surface area contributed by atoms with Crippen LogP contribution in [-0.2, 0) is 11.3 Å². The highest BCUT2D eigenvalue weighted by Crippen LogP contribution is 2.22. The second-order valence-corrected chi connectivity index (χ2v) is 4.85. The van der Waals surface area contributed by atoms with Gasteiger partial charge in [0.2, 0.25) is 5.78 Å². The number of aromatic nitrogens is 2. The maximum absolute atomic E-state index is 12.3. The normalized spacial score (nSPS) is 12.9. The van der Waals surface area contributed by atoms with Crippen LogP contribution in [0.2, 0.25) is 5.02 Å². The zero-order valence-electron chi connectivity index (χ0n) is 11.6. The fourth-order valence-corrected chi connectivity index (χ4v) is 2.28. The minimum atomic E-state index is -1.04. The number of ketones is 1. The molecule has 1 aromatic heterocycles. The van der Waals surface area contributed by atoms with Gasteiger partial charge in [-0.1, -0.05) is 38.3 Å². The van der Waals surface area contributed by atoms with Crippen molar-refractivity contribution in [3.05, 3.63) is 16.9 Å². The third-order valence-corrected chi connectivity index (χ3v) is 3.58. The molecule has 5 nitrogen and oxygen atoms in total. The van der Waals surface area contributed by atoms with Crippen molar-refractivity contribution in [2.45, 2.75) is 39.3 Å². The number of aliphatic hydroxyl groups is 1. The molecular weight excluding hydrogens is 268 g/mol. The first-order valence-corrected chi connectivity index (χ1v) is 6.87. The van der Waals surface area contributed by atoms with Gasteiger partial charge >= 0.3 is 0 Å². The molecular formula is C13H21ClN2O3. The first kappa shape index (κ1) is 16.1. The number of hydrogen-bond donors (Lipinski definition) is 1. The number of aliphatic hydroxyl groups excluding tert-OH is 1. The van der Waals surface area contributed by atoms with E-state index in [1.54, 1.807) is 7.11 Å². The maximum atomic E-state index is 12.3. The summed E-state index contributed by atoms with van der Waals surface area (Å²) in [5.41, 5.74) is 0.262. The Kier molecular flexibility index (Phi) is 6.48. The molecule has 0 saturated heterocycles. The van der Waals surface area contributed by atoms with Crippen LogP contribution in [0.3, 0.4) is 0 Å². The van der Waals surface area contributed by atoms with Gasteiger partial charge in [-0.3, -0.25) is 9.48 Å². The first-order chi connectivity index (χ1) is 9.06. The van der Waals surface area contributed by atoms with Crippen LogP contribution in [0.25, 0.3) is 0 Å². The van der Waals surface area contributed by atoms with Crippen LogP contribution in [0.1, 0.15) is 37.2 Å². The lowest BCUT2D eigenvalue weighted by molar-refractivity contribution is 0.0574. The van der Waals surface area contributed by atoms with Crippen molar-refractivity contribution >= 4 is 17.4 Å². The third-order valence-electron chi connectivity index (χ3n) is 3.30. The predicted octanol–water partition coefficient (Wildman–Crippen LogP) is 2.16. The third kappa shape index (κ3) is 3.78. The summed E-state index contributed by atoms with van der Waals surface area (Å²) in [5, 5.41) is 14.5. The van der Waals surface area contributed by atoms with E-state index in [0.29, 0.717) is 13.2 Å². The van der Waals surface area contributed by atoms with E-state index in [4.69, 9.17) is 16.3 Å². The molecule has 1 rings (SSSR count). The maximum Gasteiger partial charge on any atom is 0.211 e. The van der Waals surface area contributed by atoms with Gasteiger partial charge < -0.3 is 9.84 Å². The molecule has 0 saturated carbocycles. The Labute approximate surface area is 118 Å². The molecule has 0 aromatic carbocycles. The Morgan fingerprint density at radius 1 is 1.53 bits per heavy atom. The van der Waals surface area contributed by atoms with Crippen LogP contribution in [0.15, 0.2) is 6.20 Å². The van der Waals surface area contributed by atoms with E-state index in [2.05, 4.69) is 5.10 Å². The number of methoxy groups -OCH3 is 1. The molecule has 19 heavy (non-hydrogen) atoms. The Bertz CT molecular complexity index is 416. The molecule has 0 spiro atoms. The molecule has 1 unspecified atom stereocenters. The Morgan fingerprint density at radius 2 is 2.16 bits per heavy atom. The standard InChI is InChI=1S/C13H21ClN2O3/c1-4-9(5-2)12(17)13(18)11-10(14)8-15-16(11)6-7-19-3/h8-9,12,17H,4-7H2,1-3H3. The largest absolute Gasteiger partial charge is 0.385 e. The van der Waals surface area contributed by atoms with E-state index in [0.717, 1.165) is 12.8 Å². The number of hydrogen-bond acceptors (Lipinski definition) is 4. The SMILES string of the molecule is CCC(CC)C(O)C(=O)c1c(Cl)cnn1CCOC. The van der Waals surface area contributed by atoms with Crippen LogP contribution in [-0.4, -0.2) is 40.5 Å². The summed E-state index contributed by atoms with van der Waals surface area (Å²) in [6.45, 7) is 4.77. The van der Waals surface area contributed by atoms with Crippen molar-refractivity contribution in [2.24, 2.45) is 5.92 Å². The molecule has 0 aliphatic heterocycles. The van der Waals surface area contributed by atoms with Gasteiger partial charge in [-0.15, -0.1) is 0 Å². The molecule has 0 radical (unpaired) electrons. The van der Waals surface area contributed by atoms with Crippen LogP contribution in [0, 0.1) is 5.92 Å². The van der Waals surface area contributed by atoms with Crippen molar-refractivity contribution in [3.63, 3.8) is 0 Å². The fourth-order valence-electron chi connectivity index (χ4n) is 2.04. The molecule has 108 valence electrons. The Hall–Kier alpha value is -0.910. The average Bonchev–Trinajstić information content (AvgIpc) is 2.77. The lowest BCUT2D eigenvalue weighted by atomic mass is 9.92. The van der Waals surface area contributed by atoms with Gasteiger partial charge in [0.05, 0.1) is 24.4 Å². The minimum Gasteiger partial charge on any atom is -0.385 e. The quantitative estimate of drug-likeness (QED) is 0.745. The van der Waals surface area contributed by atoms with E-state index in [1.807, 2.05) is 13.8 Å². The highest BCUT2D eigenvalue weighted by atomic mass is 35.5. The van der Waals surface area contributed by atoms with Crippen LogP contribution in [0.4, 0.5) is 0 Å². The number of ether oxygens (including phenoxy) is 1. The number of Topliss-reactive ketones (excluding diaryl/α,β-unsaturated/α-hetero) is 1. The summed E-state index contributed by atoms with van der Waals surface area (Å²) in [4.78, 5) is 12.3. The molecule has 6 heteroatoms. The van der Waals surface area contributed by atoms with Gasteiger partial charge in [0.1, 0.15) is 11.8 Å². The second-order valence-electron chi connectivity index (χ2n) is 4.44. The molecule has 0 amide bonds. The van der Waals surface area contributed by atoms with Crippen LogP contribution < -0.4 is 0 Å². The summed E-state index contributed by atoms with van der Waals surface area (Å²) in [6, 6.07) is 0. The molecule has 1 heterocycles. The fraction of sp³-hybridized carbons (Fsp3) is 0.692. The summed E-state index contributed by atoms with van der Waals surface area (Å²) >= 11 is 6.00. The highest BCUT2D eigenvalue weighted by Gasteiger charge is 2.29. The number of nitrogens with zero attached hydrogens (tertiary/aromatic N) is 2. The number of carbonyl (C=O) groups is 1. The van der Waals surface area contributed by atoms with Gasteiger partial charge in [-0.2, -0.15) is 5.10 Å². The summed E-state index contributed by atoms with van der Waals surface area (Å²) in [6.07, 6.45) is 1.87. The lowest BCUT2D eigenvalue weighted by Crippen LogP contribution is -2.31. The Morgan fingerprint density at radius 3 is 2.68 bits per heavy atom. The second kappa shape index (κ2) is 7.62. The van der Waals surface area contributed by atoms with Crippen molar-refractivity contribution in [1.82, 2.24) is 9.78 Å². The summed E-state index contributed by atoms with van der Waals surface area (Å²) in [5.74, 6) is -0.429. The zero-order chi connectivity index (χ0) is 14.4. The topological polar surface area (TPSA) is 64.3 Å². The van der Waals surface area contributed by atoms with Gasteiger partial charge in [0, 0.05) is 7.11 Å². The lowest BCUT2D eigenvalue weighted by Gasteiger charge is -2.19. The minimum absolute atomic E-state index is 0.0608. The Balaban J connectivity index is 2.94. The average molecular weight is 289 g/mol. The molecule has 1 aromatic rings. The van der Waals surface area contributed by atoms with Crippen LogP contribution >= 0.6 is 11.6 Å². The van der Waals surface area contributed by atoms with E-state index in [9.17, 15) is 9.90 Å². The molecule has 1 atom stereocenters. The molecule has 0 fully saturated rings. The number of rotatable bonds is 8. The van der Waals surface area contributed by atoms with Gasteiger partial charge in [0.15, 0.2) is 0 Å². The van der Waals surface area contributed by atoms with E-state index in [1.165, 1.54) is 10.9 Å². The summed E-state index contributed by atoms with van der Waals surface area (Å²) in [7, 11) is 1.58.